The van der Waals surface area contributed by atoms with Crippen molar-refractivity contribution in [3.63, 3.8) is 0 Å². The Labute approximate surface area is 115 Å². The van der Waals surface area contributed by atoms with Crippen molar-refractivity contribution >= 4 is 17.4 Å². The minimum atomic E-state index is -0.112. The minimum Gasteiger partial charge on any atom is -0.366 e. The lowest BCUT2D eigenvalue weighted by Crippen LogP contribution is -2.13. The Balaban J connectivity index is 1.76. The smallest absolute Gasteiger partial charge is 0.252 e. The summed E-state index contributed by atoms with van der Waals surface area (Å²) < 4.78 is 0. The van der Waals surface area contributed by atoms with Crippen LogP contribution < -0.4 is 10.9 Å². The molecule has 2 aromatic rings. The molecule has 1 aromatic heterocycles. The first-order valence-electron chi connectivity index (χ1n) is 6.31. The summed E-state index contributed by atoms with van der Waals surface area (Å²) in [4.78, 5) is 18.8. The van der Waals surface area contributed by atoms with E-state index < -0.39 is 0 Å². The zero-order chi connectivity index (χ0) is 13.2. The number of benzene rings is 1. The number of nitrogens with one attached hydrogen (secondary N) is 2. The SMILES string of the molecule is O=c1cc(NCc2ccccc2Cl)nc(C2CC2)[nH]1. The Hall–Kier alpha value is -1.81. The summed E-state index contributed by atoms with van der Waals surface area (Å²) in [5.41, 5.74) is 0.873. The second-order valence-corrected chi connectivity index (χ2v) is 5.14. The van der Waals surface area contributed by atoms with Crippen LogP contribution in [0.2, 0.25) is 5.02 Å². The summed E-state index contributed by atoms with van der Waals surface area (Å²) >= 11 is 6.09. The van der Waals surface area contributed by atoms with E-state index in [-0.39, 0.29) is 5.56 Å². The van der Waals surface area contributed by atoms with Gasteiger partial charge in [0.1, 0.15) is 11.6 Å². The van der Waals surface area contributed by atoms with Crippen LogP contribution in [0, 0.1) is 0 Å². The highest BCUT2D eigenvalue weighted by Crippen LogP contribution is 2.37. The van der Waals surface area contributed by atoms with Crippen LogP contribution >= 0.6 is 11.6 Å². The molecule has 1 aromatic carbocycles. The van der Waals surface area contributed by atoms with Gasteiger partial charge in [-0.15, -0.1) is 0 Å². The van der Waals surface area contributed by atoms with Crippen LogP contribution in [0.5, 0.6) is 0 Å². The van der Waals surface area contributed by atoms with E-state index in [4.69, 9.17) is 11.6 Å². The molecule has 5 heteroatoms. The lowest BCUT2D eigenvalue weighted by Gasteiger charge is -2.08. The fourth-order valence-corrected chi connectivity index (χ4v) is 2.15. The van der Waals surface area contributed by atoms with Gasteiger partial charge >= 0.3 is 0 Å². The molecule has 0 spiro atoms. The predicted molar refractivity (Wildman–Crippen MR) is 75.6 cm³/mol. The number of hydrogen-bond donors (Lipinski definition) is 2. The van der Waals surface area contributed by atoms with Gasteiger partial charge in [0, 0.05) is 23.6 Å². The van der Waals surface area contributed by atoms with Crippen molar-refractivity contribution in [3.05, 3.63) is 57.1 Å². The molecule has 19 heavy (non-hydrogen) atoms. The van der Waals surface area contributed by atoms with Gasteiger partial charge in [-0.3, -0.25) is 4.79 Å². The first-order chi connectivity index (χ1) is 9.22. The van der Waals surface area contributed by atoms with Crippen molar-refractivity contribution in [1.82, 2.24) is 9.97 Å². The van der Waals surface area contributed by atoms with E-state index in [1.807, 2.05) is 24.3 Å². The highest BCUT2D eigenvalue weighted by molar-refractivity contribution is 6.31. The van der Waals surface area contributed by atoms with Crippen molar-refractivity contribution in [2.24, 2.45) is 0 Å². The number of halogens is 1. The molecule has 4 nitrogen and oxygen atoms in total. The fraction of sp³-hybridized carbons (Fsp3) is 0.286. The zero-order valence-electron chi connectivity index (χ0n) is 10.3. The molecule has 0 saturated heterocycles. The van der Waals surface area contributed by atoms with Crippen LogP contribution in [0.4, 0.5) is 5.82 Å². The molecule has 98 valence electrons. The van der Waals surface area contributed by atoms with E-state index >= 15 is 0 Å². The lowest BCUT2D eigenvalue weighted by molar-refractivity contribution is 0.903. The second-order valence-electron chi connectivity index (χ2n) is 4.74. The molecule has 2 N–H and O–H groups in total. The zero-order valence-corrected chi connectivity index (χ0v) is 11.1. The van der Waals surface area contributed by atoms with Gasteiger partial charge in [0.25, 0.3) is 5.56 Å². The van der Waals surface area contributed by atoms with Gasteiger partial charge in [0.2, 0.25) is 0 Å². The highest BCUT2D eigenvalue weighted by atomic mass is 35.5. The van der Waals surface area contributed by atoms with Crippen LogP contribution in [0.15, 0.2) is 35.1 Å². The molecule has 0 radical (unpaired) electrons. The van der Waals surface area contributed by atoms with Crippen LogP contribution in [0.3, 0.4) is 0 Å². The first-order valence-corrected chi connectivity index (χ1v) is 6.69. The molecule has 1 aliphatic rings. The molecule has 1 aliphatic carbocycles. The number of aromatic amines is 1. The molecular weight excluding hydrogens is 262 g/mol. The third kappa shape index (κ3) is 2.96. The quantitative estimate of drug-likeness (QED) is 0.902. The molecule has 1 fully saturated rings. The summed E-state index contributed by atoms with van der Waals surface area (Å²) in [6.07, 6.45) is 2.22. The van der Waals surface area contributed by atoms with Crippen molar-refractivity contribution in [2.75, 3.05) is 5.32 Å². The molecule has 1 heterocycles. The van der Waals surface area contributed by atoms with E-state index in [2.05, 4.69) is 15.3 Å². The van der Waals surface area contributed by atoms with Crippen molar-refractivity contribution in [3.8, 4) is 0 Å². The summed E-state index contributed by atoms with van der Waals surface area (Å²) in [6, 6.07) is 9.10. The van der Waals surface area contributed by atoms with Gasteiger partial charge in [-0.05, 0) is 24.5 Å². The van der Waals surface area contributed by atoms with Crippen molar-refractivity contribution in [2.45, 2.75) is 25.3 Å². The van der Waals surface area contributed by atoms with Crippen molar-refractivity contribution in [1.29, 1.82) is 0 Å². The maximum Gasteiger partial charge on any atom is 0.252 e. The molecule has 3 rings (SSSR count). The third-order valence-electron chi connectivity index (χ3n) is 3.14. The van der Waals surface area contributed by atoms with Gasteiger partial charge in [0.05, 0.1) is 0 Å². The Morgan fingerprint density at radius 2 is 2.16 bits per heavy atom. The van der Waals surface area contributed by atoms with E-state index in [1.54, 1.807) is 0 Å². The Morgan fingerprint density at radius 3 is 2.89 bits per heavy atom. The van der Waals surface area contributed by atoms with Gasteiger partial charge in [-0.1, -0.05) is 29.8 Å². The summed E-state index contributed by atoms with van der Waals surface area (Å²) in [5.74, 6) is 1.81. The average Bonchev–Trinajstić information content (AvgIpc) is 3.21. The topological polar surface area (TPSA) is 57.8 Å². The Morgan fingerprint density at radius 1 is 1.37 bits per heavy atom. The summed E-state index contributed by atoms with van der Waals surface area (Å²) in [5, 5.41) is 3.86. The number of nitrogens with zero attached hydrogens (tertiary/aromatic N) is 1. The van der Waals surface area contributed by atoms with Crippen LogP contribution in [0.25, 0.3) is 0 Å². The van der Waals surface area contributed by atoms with Crippen LogP contribution in [-0.4, -0.2) is 9.97 Å². The maximum atomic E-state index is 11.6. The molecule has 0 aliphatic heterocycles. The minimum absolute atomic E-state index is 0.112. The molecular formula is C14H14ClN3O. The van der Waals surface area contributed by atoms with E-state index in [0.717, 1.165) is 24.2 Å². The standard InChI is InChI=1S/C14H14ClN3O/c15-11-4-2-1-3-10(11)8-16-12-7-13(19)18-14(17-12)9-5-6-9/h1-4,7,9H,5-6,8H2,(H2,16,17,18,19). The van der Waals surface area contributed by atoms with Gasteiger partial charge in [-0.2, -0.15) is 0 Å². The largest absolute Gasteiger partial charge is 0.366 e. The van der Waals surface area contributed by atoms with E-state index in [9.17, 15) is 4.79 Å². The molecule has 0 unspecified atom stereocenters. The van der Waals surface area contributed by atoms with Crippen LogP contribution in [-0.2, 0) is 6.54 Å². The molecule has 0 amide bonds. The highest BCUT2D eigenvalue weighted by Gasteiger charge is 2.26. The van der Waals surface area contributed by atoms with E-state index in [1.165, 1.54) is 6.07 Å². The lowest BCUT2D eigenvalue weighted by atomic mass is 10.2. The number of hydrogen-bond acceptors (Lipinski definition) is 3. The monoisotopic (exact) mass is 275 g/mol. The van der Waals surface area contributed by atoms with Gasteiger partial charge in [0.15, 0.2) is 0 Å². The predicted octanol–water partition coefficient (Wildman–Crippen LogP) is 2.91. The number of rotatable bonds is 4. The molecule has 0 bridgehead atoms. The number of H-pyrrole nitrogens is 1. The fourth-order valence-electron chi connectivity index (χ4n) is 1.94. The molecule has 0 atom stereocenters. The maximum absolute atomic E-state index is 11.6. The van der Waals surface area contributed by atoms with Crippen molar-refractivity contribution < 1.29 is 0 Å². The Kier molecular flexibility index (Phi) is 3.25. The second kappa shape index (κ2) is 5.05. The van der Waals surface area contributed by atoms with Gasteiger partial charge in [-0.25, -0.2) is 4.98 Å². The normalized spacial score (nSPS) is 14.4. The first kappa shape index (κ1) is 12.2. The summed E-state index contributed by atoms with van der Waals surface area (Å²) in [7, 11) is 0. The number of aromatic nitrogens is 2. The Bertz CT molecular complexity index is 649. The van der Waals surface area contributed by atoms with E-state index in [0.29, 0.717) is 23.3 Å². The summed E-state index contributed by atoms with van der Waals surface area (Å²) in [6.45, 7) is 0.556. The number of anilines is 1. The third-order valence-corrected chi connectivity index (χ3v) is 3.51. The molecule has 1 saturated carbocycles. The van der Waals surface area contributed by atoms with Gasteiger partial charge < -0.3 is 10.3 Å². The van der Waals surface area contributed by atoms with Crippen LogP contribution in [0.1, 0.15) is 30.1 Å². The average molecular weight is 276 g/mol.